The molecule has 2 heterocycles. The third kappa shape index (κ3) is 5.74. The van der Waals surface area contributed by atoms with E-state index in [1.165, 1.54) is 49.3 Å². The molecule has 0 saturated heterocycles. The molecule has 0 aliphatic rings. The van der Waals surface area contributed by atoms with Crippen molar-refractivity contribution in [3.63, 3.8) is 0 Å². The lowest BCUT2D eigenvalue weighted by atomic mass is 9.90. The zero-order valence-electron chi connectivity index (χ0n) is 33.2. The Bertz CT molecular complexity index is 3590. The molecule has 0 unspecified atom stereocenters. The molecule has 0 aliphatic heterocycles. The molecular weight excluding hydrogens is 741 g/mol. The Morgan fingerprint density at radius 3 is 1.84 bits per heavy atom. The van der Waals surface area contributed by atoms with E-state index >= 15 is 0 Å². The number of nitrogens with zero attached hydrogens (tertiary/aromatic N) is 2. The minimum Gasteiger partial charge on any atom is -0.454 e. The van der Waals surface area contributed by atoms with Gasteiger partial charge in [0, 0.05) is 38.5 Å². The lowest BCUT2D eigenvalue weighted by Gasteiger charge is -2.29. The molecule has 0 N–H and O–H groups in total. The predicted octanol–water partition coefficient (Wildman–Crippen LogP) is 16.3. The standard InChI is InChI=1S/C58H38N2O/c1-3-17-39(18-4-1)45-28-14-19-40-20-15-29-49(57(40)45)46-25-7-10-31-52(46)60(55-33-16-30-50-48-27-9-12-34-56(48)61-58(50)55)44-24-13-21-41(37-44)42-35-36-54-51(38-42)47-26-8-11-32-53(47)59(54)43-22-5-2-6-23-43/h1-38H. The molecule has 2 aromatic heterocycles. The molecule has 10 aromatic carbocycles. The minimum atomic E-state index is 0.849. The van der Waals surface area contributed by atoms with Crippen LogP contribution in [0, 0.1) is 0 Å². The number of fused-ring (bicyclic) bond motifs is 7. The second-order valence-electron chi connectivity index (χ2n) is 15.7. The van der Waals surface area contributed by atoms with Crippen LogP contribution in [0.15, 0.2) is 235 Å². The highest BCUT2D eigenvalue weighted by Crippen LogP contribution is 2.48. The predicted molar refractivity (Wildman–Crippen MR) is 257 cm³/mol. The third-order valence-corrected chi connectivity index (χ3v) is 12.2. The van der Waals surface area contributed by atoms with Gasteiger partial charge in [-0.25, -0.2) is 0 Å². The van der Waals surface area contributed by atoms with E-state index in [0.29, 0.717) is 0 Å². The molecule has 3 nitrogen and oxygen atoms in total. The van der Waals surface area contributed by atoms with Crippen molar-refractivity contribution in [3.05, 3.63) is 231 Å². The smallest absolute Gasteiger partial charge is 0.159 e. The Labute approximate surface area is 353 Å². The summed E-state index contributed by atoms with van der Waals surface area (Å²) in [5, 5.41) is 7.07. The first-order chi connectivity index (χ1) is 30.3. The zero-order valence-corrected chi connectivity index (χ0v) is 33.2. The summed E-state index contributed by atoms with van der Waals surface area (Å²) in [6, 6.07) is 82.9. The fourth-order valence-electron chi connectivity index (χ4n) is 9.47. The van der Waals surface area contributed by atoms with Crippen molar-refractivity contribution in [2.75, 3.05) is 4.90 Å². The van der Waals surface area contributed by atoms with Crippen LogP contribution in [0.1, 0.15) is 0 Å². The fraction of sp³-hybridized carbons (Fsp3) is 0. The molecule has 286 valence electrons. The monoisotopic (exact) mass is 778 g/mol. The highest BCUT2D eigenvalue weighted by Gasteiger charge is 2.24. The maximum atomic E-state index is 6.80. The Balaban J connectivity index is 1.09. The first-order valence-corrected chi connectivity index (χ1v) is 20.8. The van der Waals surface area contributed by atoms with Crippen molar-refractivity contribution in [1.82, 2.24) is 4.57 Å². The summed E-state index contributed by atoms with van der Waals surface area (Å²) < 4.78 is 9.17. The minimum absolute atomic E-state index is 0.849. The van der Waals surface area contributed by atoms with Crippen LogP contribution >= 0.6 is 0 Å². The van der Waals surface area contributed by atoms with Crippen LogP contribution < -0.4 is 4.90 Å². The molecule has 61 heavy (non-hydrogen) atoms. The van der Waals surface area contributed by atoms with E-state index in [1.807, 2.05) is 6.07 Å². The van der Waals surface area contributed by atoms with Gasteiger partial charge in [0.25, 0.3) is 0 Å². The molecule has 0 spiro atoms. The van der Waals surface area contributed by atoms with Crippen molar-refractivity contribution >= 4 is 71.6 Å². The van der Waals surface area contributed by atoms with Crippen LogP contribution in [0.4, 0.5) is 17.1 Å². The summed E-state index contributed by atoms with van der Waals surface area (Å²) >= 11 is 0. The lowest BCUT2D eigenvalue weighted by Crippen LogP contribution is -2.11. The van der Waals surface area contributed by atoms with Crippen LogP contribution in [0.5, 0.6) is 0 Å². The molecule has 0 bridgehead atoms. The van der Waals surface area contributed by atoms with Gasteiger partial charge in [0.1, 0.15) is 5.58 Å². The molecule has 12 rings (SSSR count). The van der Waals surface area contributed by atoms with Gasteiger partial charge in [-0.15, -0.1) is 0 Å². The first kappa shape index (κ1) is 34.9. The van der Waals surface area contributed by atoms with Crippen molar-refractivity contribution in [3.8, 4) is 39.1 Å². The summed E-state index contributed by atoms with van der Waals surface area (Å²) in [5.41, 5.74) is 15.3. The van der Waals surface area contributed by atoms with E-state index in [4.69, 9.17) is 4.42 Å². The van der Waals surface area contributed by atoms with Crippen LogP contribution in [-0.4, -0.2) is 4.57 Å². The number of hydrogen-bond donors (Lipinski definition) is 0. The molecule has 0 fully saturated rings. The van der Waals surface area contributed by atoms with E-state index < -0.39 is 0 Å². The van der Waals surface area contributed by atoms with Gasteiger partial charge in [0.2, 0.25) is 0 Å². The fourth-order valence-corrected chi connectivity index (χ4v) is 9.47. The van der Waals surface area contributed by atoms with Gasteiger partial charge < -0.3 is 13.9 Å². The van der Waals surface area contributed by atoms with Crippen LogP contribution in [0.3, 0.4) is 0 Å². The van der Waals surface area contributed by atoms with E-state index in [2.05, 4.69) is 234 Å². The number of furan rings is 1. The Morgan fingerprint density at radius 2 is 0.967 bits per heavy atom. The maximum absolute atomic E-state index is 6.80. The summed E-state index contributed by atoms with van der Waals surface area (Å²) in [7, 11) is 0. The number of benzene rings is 10. The van der Waals surface area contributed by atoms with Crippen molar-refractivity contribution in [2.45, 2.75) is 0 Å². The third-order valence-electron chi connectivity index (χ3n) is 12.2. The van der Waals surface area contributed by atoms with E-state index in [1.54, 1.807) is 0 Å². The maximum Gasteiger partial charge on any atom is 0.159 e. The first-order valence-electron chi connectivity index (χ1n) is 20.8. The quantitative estimate of drug-likeness (QED) is 0.161. The highest BCUT2D eigenvalue weighted by molar-refractivity contribution is 6.13. The second kappa shape index (κ2) is 14.3. The Morgan fingerprint density at radius 1 is 0.361 bits per heavy atom. The number of aromatic nitrogens is 1. The van der Waals surface area contributed by atoms with Crippen LogP contribution in [-0.2, 0) is 0 Å². The Kier molecular flexibility index (Phi) is 8.17. The Hall–Kier alpha value is -8.14. The van der Waals surface area contributed by atoms with Crippen molar-refractivity contribution in [2.24, 2.45) is 0 Å². The van der Waals surface area contributed by atoms with Gasteiger partial charge in [-0.05, 0) is 99.3 Å². The van der Waals surface area contributed by atoms with Gasteiger partial charge in [-0.1, -0.05) is 170 Å². The summed E-state index contributed by atoms with van der Waals surface area (Å²) in [4.78, 5) is 2.40. The zero-order chi connectivity index (χ0) is 40.3. The largest absolute Gasteiger partial charge is 0.454 e. The highest BCUT2D eigenvalue weighted by atomic mass is 16.3. The SMILES string of the molecule is c1ccc(-c2cccc3cccc(-c4ccccc4N(c4cccc(-c5ccc6c(c5)c5ccccc5n6-c5ccccc5)c4)c4cccc5c4oc4ccccc45)c23)cc1. The van der Waals surface area contributed by atoms with Crippen LogP contribution in [0.25, 0.3) is 93.6 Å². The van der Waals surface area contributed by atoms with E-state index in [0.717, 1.165) is 61.4 Å². The molecule has 0 amide bonds. The van der Waals surface area contributed by atoms with Gasteiger partial charge >= 0.3 is 0 Å². The molecule has 12 aromatic rings. The molecular formula is C58H38N2O. The van der Waals surface area contributed by atoms with Crippen molar-refractivity contribution in [1.29, 1.82) is 0 Å². The molecule has 0 aliphatic carbocycles. The average Bonchev–Trinajstić information content (AvgIpc) is 3.88. The molecule has 0 atom stereocenters. The molecule has 0 radical (unpaired) electrons. The summed E-state index contributed by atoms with van der Waals surface area (Å²) in [6.45, 7) is 0. The number of hydrogen-bond acceptors (Lipinski definition) is 2. The van der Waals surface area contributed by atoms with Gasteiger partial charge in [0.05, 0.1) is 22.4 Å². The molecule has 0 saturated carbocycles. The number of rotatable bonds is 7. The van der Waals surface area contributed by atoms with Gasteiger partial charge in [0.15, 0.2) is 5.58 Å². The molecule has 3 heteroatoms. The second-order valence-corrected chi connectivity index (χ2v) is 15.7. The lowest BCUT2D eigenvalue weighted by molar-refractivity contribution is 0.669. The van der Waals surface area contributed by atoms with Crippen LogP contribution in [0.2, 0.25) is 0 Å². The summed E-state index contributed by atoms with van der Waals surface area (Å²) in [5.74, 6) is 0. The topological polar surface area (TPSA) is 21.3 Å². The summed E-state index contributed by atoms with van der Waals surface area (Å²) in [6.07, 6.45) is 0. The van der Waals surface area contributed by atoms with E-state index in [9.17, 15) is 0 Å². The number of anilines is 3. The van der Waals surface area contributed by atoms with Gasteiger partial charge in [-0.3, -0.25) is 0 Å². The van der Waals surface area contributed by atoms with E-state index in [-0.39, 0.29) is 0 Å². The van der Waals surface area contributed by atoms with Gasteiger partial charge in [-0.2, -0.15) is 0 Å². The number of para-hydroxylation sites is 5. The normalized spacial score (nSPS) is 11.6. The van der Waals surface area contributed by atoms with Crippen molar-refractivity contribution < 1.29 is 4.42 Å². The average molecular weight is 779 g/mol.